The van der Waals surface area contributed by atoms with E-state index in [2.05, 4.69) is 5.32 Å². The second kappa shape index (κ2) is 5.19. The van der Waals surface area contributed by atoms with Gasteiger partial charge in [-0.1, -0.05) is 0 Å². The number of carbonyl (C=O) groups excluding carboxylic acids is 1. The van der Waals surface area contributed by atoms with E-state index in [-0.39, 0.29) is 12.0 Å². The summed E-state index contributed by atoms with van der Waals surface area (Å²) in [7, 11) is 1.88. The number of amides is 1. The number of hydrogen-bond donors (Lipinski definition) is 2. The Morgan fingerprint density at radius 1 is 1.69 bits per heavy atom. The summed E-state index contributed by atoms with van der Waals surface area (Å²) in [6.45, 7) is 2.13. The van der Waals surface area contributed by atoms with Gasteiger partial charge in [0.25, 0.3) is 0 Å². The number of aliphatic hydroxyl groups excluding tert-OH is 1. The van der Waals surface area contributed by atoms with Gasteiger partial charge in [0.2, 0.25) is 5.91 Å². The average Bonchev–Trinajstić information content (AvgIpc) is 2.52. The van der Waals surface area contributed by atoms with Crippen LogP contribution >= 0.6 is 0 Å². The number of likely N-dealkylation sites (tertiary alicyclic amines) is 1. The number of nitrogens with zero attached hydrogens (tertiary/aromatic N) is 1. The molecule has 0 aliphatic carbocycles. The van der Waals surface area contributed by atoms with Crippen LogP contribution in [0, 0.1) is 0 Å². The third-order valence-corrected chi connectivity index (χ3v) is 2.33. The van der Waals surface area contributed by atoms with E-state index in [9.17, 15) is 9.90 Å². The molecule has 0 aromatic carbocycles. The minimum absolute atomic E-state index is 0.173. The molecule has 0 aromatic rings. The smallest absolute Gasteiger partial charge is 0.222 e. The summed E-state index contributed by atoms with van der Waals surface area (Å²) < 4.78 is 0. The maximum absolute atomic E-state index is 11.5. The van der Waals surface area contributed by atoms with Crippen LogP contribution in [0.2, 0.25) is 0 Å². The molecule has 76 valence electrons. The first-order valence-corrected chi connectivity index (χ1v) is 4.84. The molecule has 0 radical (unpaired) electrons. The fourth-order valence-electron chi connectivity index (χ4n) is 1.54. The predicted octanol–water partition coefficient (Wildman–Crippen LogP) is -0.421. The van der Waals surface area contributed by atoms with E-state index < -0.39 is 0 Å². The fourth-order valence-corrected chi connectivity index (χ4v) is 1.54. The first-order valence-electron chi connectivity index (χ1n) is 4.84. The van der Waals surface area contributed by atoms with Crippen molar-refractivity contribution in [3.8, 4) is 0 Å². The number of nitrogens with one attached hydrogen (secondary N) is 1. The van der Waals surface area contributed by atoms with Crippen LogP contribution in [0.4, 0.5) is 0 Å². The molecule has 1 rings (SSSR count). The van der Waals surface area contributed by atoms with Gasteiger partial charge in [-0.15, -0.1) is 0 Å². The number of hydrogen-bond acceptors (Lipinski definition) is 3. The normalized spacial score (nSPS) is 22.3. The highest BCUT2D eigenvalue weighted by Crippen LogP contribution is 2.10. The fraction of sp³-hybridized carbons (Fsp3) is 0.889. The molecule has 0 aromatic heterocycles. The van der Waals surface area contributed by atoms with Crippen LogP contribution in [0.15, 0.2) is 0 Å². The maximum Gasteiger partial charge on any atom is 0.222 e. The molecule has 0 saturated carbocycles. The van der Waals surface area contributed by atoms with Crippen molar-refractivity contribution in [3.05, 3.63) is 0 Å². The van der Waals surface area contributed by atoms with Crippen LogP contribution in [0.5, 0.6) is 0 Å². The van der Waals surface area contributed by atoms with Gasteiger partial charge in [-0.25, -0.2) is 0 Å². The van der Waals surface area contributed by atoms with Crippen LogP contribution in [-0.4, -0.2) is 48.7 Å². The van der Waals surface area contributed by atoms with Crippen molar-refractivity contribution in [1.82, 2.24) is 10.2 Å². The Morgan fingerprint density at radius 3 is 3.00 bits per heavy atom. The molecule has 0 bridgehead atoms. The Balaban J connectivity index is 2.16. The third kappa shape index (κ3) is 3.32. The Kier molecular flexibility index (Phi) is 4.18. The van der Waals surface area contributed by atoms with Crippen molar-refractivity contribution >= 4 is 5.91 Å². The zero-order chi connectivity index (χ0) is 9.68. The molecule has 0 spiro atoms. The van der Waals surface area contributed by atoms with Gasteiger partial charge in [-0.3, -0.25) is 4.79 Å². The van der Waals surface area contributed by atoms with Crippen molar-refractivity contribution in [2.45, 2.75) is 25.4 Å². The van der Waals surface area contributed by atoms with E-state index in [0.717, 1.165) is 25.9 Å². The van der Waals surface area contributed by atoms with Crippen LogP contribution in [0.25, 0.3) is 0 Å². The summed E-state index contributed by atoms with van der Waals surface area (Å²) in [6.07, 6.45) is 1.90. The Labute approximate surface area is 78.9 Å². The number of β-amino-alcohol motifs (C(OH)–C–C–N with tert-alkyl or cyclic N) is 1. The van der Waals surface area contributed by atoms with E-state index >= 15 is 0 Å². The number of aliphatic hydroxyl groups is 1. The SMILES string of the molecule is CNCCCC(=O)N1CC[C@@H](O)C1. The standard InChI is InChI=1S/C9H18N2O2/c1-10-5-2-3-9(13)11-6-4-8(12)7-11/h8,10,12H,2-7H2,1H3/t8-/m1/s1. The first kappa shape index (κ1) is 10.5. The monoisotopic (exact) mass is 186 g/mol. The summed E-state index contributed by atoms with van der Waals surface area (Å²) in [5, 5.41) is 12.2. The zero-order valence-corrected chi connectivity index (χ0v) is 8.12. The molecular weight excluding hydrogens is 168 g/mol. The molecule has 1 aliphatic heterocycles. The Bertz CT molecular complexity index is 173. The summed E-state index contributed by atoms with van der Waals surface area (Å²) in [4.78, 5) is 13.2. The molecule has 1 aliphatic rings. The van der Waals surface area contributed by atoms with Gasteiger partial charge < -0.3 is 15.3 Å². The third-order valence-electron chi connectivity index (χ3n) is 2.33. The molecule has 1 amide bonds. The molecule has 1 fully saturated rings. The molecule has 1 heterocycles. The zero-order valence-electron chi connectivity index (χ0n) is 8.12. The van der Waals surface area contributed by atoms with Gasteiger partial charge in [-0.05, 0) is 26.4 Å². The second-order valence-electron chi connectivity index (χ2n) is 3.49. The highest BCUT2D eigenvalue weighted by atomic mass is 16.3. The number of carbonyl (C=O) groups is 1. The van der Waals surface area contributed by atoms with E-state index in [0.29, 0.717) is 13.0 Å². The highest BCUT2D eigenvalue weighted by molar-refractivity contribution is 5.76. The van der Waals surface area contributed by atoms with Crippen LogP contribution in [-0.2, 0) is 4.79 Å². The summed E-state index contributed by atoms with van der Waals surface area (Å²) in [5.74, 6) is 0.173. The quantitative estimate of drug-likeness (QED) is 0.586. The van der Waals surface area contributed by atoms with E-state index in [4.69, 9.17) is 0 Å². The topological polar surface area (TPSA) is 52.6 Å². The molecule has 13 heavy (non-hydrogen) atoms. The van der Waals surface area contributed by atoms with E-state index in [1.807, 2.05) is 7.05 Å². The van der Waals surface area contributed by atoms with Gasteiger partial charge in [0.05, 0.1) is 6.10 Å². The Morgan fingerprint density at radius 2 is 2.46 bits per heavy atom. The largest absolute Gasteiger partial charge is 0.391 e. The lowest BCUT2D eigenvalue weighted by molar-refractivity contribution is -0.130. The van der Waals surface area contributed by atoms with Crippen molar-refractivity contribution < 1.29 is 9.90 Å². The van der Waals surface area contributed by atoms with E-state index in [1.165, 1.54) is 0 Å². The molecule has 0 unspecified atom stereocenters. The van der Waals surface area contributed by atoms with Crippen molar-refractivity contribution in [3.63, 3.8) is 0 Å². The predicted molar refractivity (Wildman–Crippen MR) is 50.4 cm³/mol. The van der Waals surface area contributed by atoms with Gasteiger partial charge in [-0.2, -0.15) is 0 Å². The highest BCUT2D eigenvalue weighted by Gasteiger charge is 2.23. The lowest BCUT2D eigenvalue weighted by Gasteiger charge is -2.14. The average molecular weight is 186 g/mol. The summed E-state index contributed by atoms with van der Waals surface area (Å²) >= 11 is 0. The lowest BCUT2D eigenvalue weighted by atomic mass is 10.3. The van der Waals surface area contributed by atoms with Gasteiger partial charge in [0.15, 0.2) is 0 Å². The minimum Gasteiger partial charge on any atom is -0.391 e. The van der Waals surface area contributed by atoms with Gasteiger partial charge in [0.1, 0.15) is 0 Å². The van der Waals surface area contributed by atoms with Gasteiger partial charge >= 0.3 is 0 Å². The summed E-state index contributed by atoms with van der Waals surface area (Å²) in [6, 6.07) is 0. The second-order valence-corrected chi connectivity index (χ2v) is 3.49. The van der Waals surface area contributed by atoms with Crippen LogP contribution in [0.1, 0.15) is 19.3 Å². The summed E-state index contributed by atoms with van der Waals surface area (Å²) in [5.41, 5.74) is 0. The number of rotatable bonds is 4. The van der Waals surface area contributed by atoms with Crippen molar-refractivity contribution in [2.75, 3.05) is 26.7 Å². The lowest BCUT2D eigenvalue weighted by Crippen LogP contribution is -2.29. The van der Waals surface area contributed by atoms with Crippen LogP contribution < -0.4 is 5.32 Å². The first-order chi connectivity index (χ1) is 6.24. The van der Waals surface area contributed by atoms with Crippen LogP contribution in [0.3, 0.4) is 0 Å². The molecule has 1 saturated heterocycles. The molecule has 4 nitrogen and oxygen atoms in total. The van der Waals surface area contributed by atoms with E-state index in [1.54, 1.807) is 4.90 Å². The maximum atomic E-state index is 11.5. The van der Waals surface area contributed by atoms with Gasteiger partial charge in [0, 0.05) is 19.5 Å². The Hall–Kier alpha value is -0.610. The molecule has 1 atom stereocenters. The molecule has 2 N–H and O–H groups in total. The van der Waals surface area contributed by atoms with Crippen molar-refractivity contribution in [2.24, 2.45) is 0 Å². The molecular formula is C9H18N2O2. The van der Waals surface area contributed by atoms with Crippen molar-refractivity contribution in [1.29, 1.82) is 0 Å². The molecule has 4 heteroatoms. The minimum atomic E-state index is -0.298.